The minimum atomic E-state index is -1.17. The van der Waals surface area contributed by atoms with Crippen LogP contribution in [0.3, 0.4) is 0 Å². The molecule has 5 nitrogen and oxygen atoms in total. The summed E-state index contributed by atoms with van der Waals surface area (Å²) in [6.07, 6.45) is 0.866. The molecule has 0 aromatic carbocycles. The first-order valence-corrected chi connectivity index (χ1v) is 6.14. The second-order valence-electron chi connectivity index (χ2n) is 6.34. The molecule has 1 aliphatic rings. The van der Waals surface area contributed by atoms with Crippen LogP contribution in [-0.2, 0) is 19.1 Å². The second-order valence-corrected chi connectivity index (χ2v) is 6.34. The normalized spacial score (nSPS) is 24.1. The quantitative estimate of drug-likeness (QED) is 0.603. The third kappa shape index (κ3) is 3.98. The van der Waals surface area contributed by atoms with Crippen molar-refractivity contribution in [1.29, 1.82) is 0 Å². The van der Waals surface area contributed by atoms with E-state index in [1.807, 2.05) is 27.7 Å². The Labute approximate surface area is 108 Å². The van der Waals surface area contributed by atoms with Crippen molar-refractivity contribution in [2.24, 2.45) is 0 Å². The summed E-state index contributed by atoms with van der Waals surface area (Å²) in [5.41, 5.74) is -0.570. The Morgan fingerprint density at radius 3 is 1.50 bits per heavy atom. The topological polar surface area (TPSA) is 64.6 Å². The minimum Gasteiger partial charge on any atom is -0.423 e. The van der Waals surface area contributed by atoms with E-state index in [4.69, 9.17) is 9.47 Å². The summed E-state index contributed by atoms with van der Waals surface area (Å²) in [7, 11) is 0. The first-order chi connectivity index (χ1) is 7.95. The van der Waals surface area contributed by atoms with Crippen LogP contribution in [-0.4, -0.2) is 28.8 Å². The number of nitrogens with one attached hydrogen (secondary N) is 1. The van der Waals surface area contributed by atoms with Gasteiger partial charge in [-0.2, -0.15) is 0 Å². The van der Waals surface area contributed by atoms with Gasteiger partial charge in [0, 0.05) is 37.8 Å². The number of hydrogen-bond donors (Lipinski definition) is 1. The van der Waals surface area contributed by atoms with Crippen molar-refractivity contribution in [1.82, 2.24) is 5.32 Å². The number of ether oxygens (including phenoxy) is 2. The molecular formula is C13H23NO4. The average molecular weight is 257 g/mol. The highest BCUT2D eigenvalue weighted by atomic mass is 16.7. The van der Waals surface area contributed by atoms with Crippen LogP contribution < -0.4 is 5.32 Å². The van der Waals surface area contributed by atoms with Crippen LogP contribution >= 0.6 is 0 Å². The summed E-state index contributed by atoms with van der Waals surface area (Å²) >= 11 is 0. The Kier molecular flexibility index (Phi) is 3.77. The molecule has 0 spiro atoms. The lowest BCUT2D eigenvalue weighted by Gasteiger charge is -2.50. The van der Waals surface area contributed by atoms with Crippen LogP contribution in [0.4, 0.5) is 0 Å². The van der Waals surface area contributed by atoms with E-state index in [0.717, 1.165) is 0 Å². The van der Waals surface area contributed by atoms with Gasteiger partial charge in [0.2, 0.25) is 0 Å². The summed E-state index contributed by atoms with van der Waals surface area (Å²) in [5, 5.41) is 3.45. The second kappa shape index (κ2) is 4.53. The monoisotopic (exact) mass is 257 g/mol. The van der Waals surface area contributed by atoms with E-state index in [1.165, 1.54) is 13.8 Å². The third-order valence-electron chi connectivity index (χ3n) is 2.76. The molecule has 1 aliphatic heterocycles. The minimum absolute atomic E-state index is 0.285. The molecule has 0 aliphatic carbocycles. The van der Waals surface area contributed by atoms with Gasteiger partial charge in [-0.05, 0) is 27.7 Å². The Balaban J connectivity index is 3.07. The van der Waals surface area contributed by atoms with Gasteiger partial charge >= 0.3 is 11.9 Å². The van der Waals surface area contributed by atoms with Gasteiger partial charge < -0.3 is 14.8 Å². The van der Waals surface area contributed by atoms with Crippen LogP contribution in [0, 0.1) is 0 Å². The van der Waals surface area contributed by atoms with Gasteiger partial charge in [-0.15, -0.1) is 0 Å². The van der Waals surface area contributed by atoms with Gasteiger partial charge in [0.05, 0.1) is 0 Å². The molecule has 1 rings (SSSR count). The standard InChI is InChI=1S/C13H23NO4/c1-9(15)17-13(18-10(2)16)7-11(3,4)14-12(5,6)8-13/h14H,7-8H2,1-6H3. The van der Waals surface area contributed by atoms with Crippen molar-refractivity contribution < 1.29 is 19.1 Å². The highest BCUT2D eigenvalue weighted by Crippen LogP contribution is 2.39. The van der Waals surface area contributed by atoms with E-state index in [2.05, 4.69) is 5.32 Å². The molecule has 0 unspecified atom stereocenters. The van der Waals surface area contributed by atoms with E-state index in [0.29, 0.717) is 12.8 Å². The largest absolute Gasteiger partial charge is 0.423 e. The molecule has 104 valence electrons. The molecule has 1 N–H and O–H groups in total. The van der Waals surface area contributed by atoms with Gasteiger partial charge in [-0.1, -0.05) is 0 Å². The summed E-state index contributed by atoms with van der Waals surface area (Å²) in [6.45, 7) is 10.6. The first kappa shape index (κ1) is 15.0. The molecule has 0 bridgehead atoms. The van der Waals surface area contributed by atoms with Crippen molar-refractivity contribution in [3.05, 3.63) is 0 Å². The van der Waals surface area contributed by atoms with Crippen LogP contribution in [0.25, 0.3) is 0 Å². The van der Waals surface area contributed by atoms with E-state index in [9.17, 15) is 9.59 Å². The molecule has 0 aromatic heterocycles. The van der Waals surface area contributed by atoms with Gasteiger partial charge in [-0.3, -0.25) is 9.59 Å². The van der Waals surface area contributed by atoms with E-state index in [-0.39, 0.29) is 11.1 Å². The SMILES string of the molecule is CC(=O)OC1(OC(C)=O)CC(C)(C)NC(C)(C)C1. The first-order valence-electron chi connectivity index (χ1n) is 6.14. The molecular weight excluding hydrogens is 234 g/mol. The van der Waals surface area contributed by atoms with E-state index < -0.39 is 17.7 Å². The zero-order chi connectivity index (χ0) is 14.2. The Hall–Kier alpha value is -1.10. The average Bonchev–Trinajstić information content (AvgIpc) is 1.90. The van der Waals surface area contributed by atoms with Crippen LogP contribution in [0.5, 0.6) is 0 Å². The predicted octanol–water partition coefficient (Wildman–Crippen LogP) is 1.75. The smallest absolute Gasteiger partial charge is 0.305 e. The highest BCUT2D eigenvalue weighted by Gasteiger charge is 2.51. The number of esters is 2. The lowest BCUT2D eigenvalue weighted by Crippen LogP contribution is -2.65. The van der Waals surface area contributed by atoms with Crippen LogP contribution in [0.2, 0.25) is 0 Å². The molecule has 0 atom stereocenters. The number of hydrogen-bond acceptors (Lipinski definition) is 5. The lowest BCUT2D eigenvalue weighted by molar-refractivity contribution is -0.250. The maximum absolute atomic E-state index is 11.3. The third-order valence-corrected chi connectivity index (χ3v) is 2.76. The molecule has 1 fully saturated rings. The molecule has 1 heterocycles. The Morgan fingerprint density at radius 2 is 1.22 bits per heavy atom. The zero-order valence-electron chi connectivity index (χ0n) is 12.0. The van der Waals surface area contributed by atoms with Crippen LogP contribution in [0.15, 0.2) is 0 Å². The van der Waals surface area contributed by atoms with Gasteiger partial charge in [0.25, 0.3) is 5.79 Å². The van der Waals surface area contributed by atoms with Gasteiger partial charge in [0.1, 0.15) is 0 Å². The fourth-order valence-corrected chi connectivity index (χ4v) is 3.10. The van der Waals surface area contributed by atoms with Crippen molar-refractivity contribution in [3.63, 3.8) is 0 Å². The molecule has 18 heavy (non-hydrogen) atoms. The molecule has 0 aromatic rings. The lowest BCUT2D eigenvalue weighted by atomic mass is 9.78. The summed E-state index contributed by atoms with van der Waals surface area (Å²) in [5.74, 6) is -2.05. The van der Waals surface area contributed by atoms with E-state index in [1.54, 1.807) is 0 Å². The van der Waals surface area contributed by atoms with Gasteiger partial charge in [0.15, 0.2) is 0 Å². The fourth-order valence-electron chi connectivity index (χ4n) is 3.10. The number of piperidine rings is 1. The Morgan fingerprint density at radius 1 is 0.889 bits per heavy atom. The summed E-state index contributed by atoms with van der Waals surface area (Å²) in [6, 6.07) is 0. The molecule has 0 radical (unpaired) electrons. The zero-order valence-corrected chi connectivity index (χ0v) is 12.0. The highest BCUT2D eigenvalue weighted by molar-refractivity contribution is 5.69. The molecule has 0 amide bonds. The van der Waals surface area contributed by atoms with Crippen LogP contribution in [0.1, 0.15) is 54.4 Å². The van der Waals surface area contributed by atoms with Gasteiger partial charge in [-0.25, -0.2) is 0 Å². The van der Waals surface area contributed by atoms with Crippen molar-refractivity contribution >= 4 is 11.9 Å². The fraction of sp³-hybridized carbons (Fsp3) is 0.846. The van der Waals surface area contributed by atoms with Crippen molar-refractivity contribution in [2.45, 2.75) is 71.2 Å². The molecule has 5 heteroatoms. The molecule has 0 saturated carbocycles. The number of carbonyl (C=O) groups is 2. The van der Waals surface area contributed by atoms with E-state index >= 15 is 0 Å². The maximum atomic E-state index is 11.3. The molecule has 1 saturated heterocycles. The number of rotatable bonds is 2. The summed E-state index contributed by atoms with van der Waals surface area (Å²) in [4.78, 5) is 22.6. The number of carbonyl (C=O) groups excluding carboxylic acids is 2. The predicted molar refractivity (Wildman–Crippen MR) is 66.8 cm³/mol. The van der Waals surface area contributed by atoms with Crippen molar-refractivity contribution in [2.75, 3.05) is 0 Å². The summed E-state index contributed by atoms with van der Waals surface area (Å²) < 4.78 is 10.7. The maximum Gasteiger partial charge on any atom is 0.305 e. The van der Waals surface area contributed by atoms with Crippen molar-refractivity contribution in [3.8, 4) is 0 Å². The Bertz CT molecular complexity index is 326.